The fourth-order valence-corrected chi connectivity index (χ4v) is 1.77. The molecule has 1 aromatic rings. The lowest BCUT2D eigenvalue weighted by molar-refractivity contribution is -0.141. The van der Waals surface area contributed by atoms with Crippen LogP contribution in [-0.2, 0) is 16.0 Å². The molecule has 5 nitrogen and oxygen atoms in total. The van der Waals surface area contributed by atoms with Gasteiger partial charge in [0.1, 0.15) is 11.8 Å². The minimum atomic E-state index is -1.08. The first-order chi connectivity index (χ1) is 8.95. The number of nitrogens with one attached hydrogen (secondary N) is 1. The molecule has 0 bridgehead atoms. The van der Waals surface area contributed by atoms with Crippen LogP contribution in [0.3, 0.4) is 0 Å². The van der Waals surface area contributed by atoms with Crippen molar-refractivity contribution in [1.29, 1.82) is 0 Å². The summed E-state index contributed by atoms with van der Waals surface area (Å²) in [4.78, 5) is 22.4. The van der Waals surface area contributed by atoms with E-state index in [1.807, 2.05) is 6.92 Å². The number of aliphatic carboxylic acids is 1. The number of ether oxygens (including phenoxy) is 1. The highest BCUT2D eigenvalue weighted by atomic mass is 35.5. The van der Waals surface area contributed by atoms with Gasteiger partial charge in [-0.3, -0.25) is 9.59 Å². The molecule has 1 amide bonds. The van der Waals surface area contributed by atoms with Crippen molar-refractivity contribution < 1.29 is 19.4 Å². The molecule has 0 aliphatic heterocycles. The number of hydrogen-bond donors (Lipinski definition) is 2. The minimum Gasteiger partial charge on any atom is -0.492 e. The Labute approximate surface area is 116 Å². The molecular weight excluding hydrogens is 270 g/mol. The van der Waals surface area contributed by atoms with Gasteiger partial charge in [0.15, 0.2) is 0 Å². The van der Waals surface area contributed by atoms with Gasteiger partial charge in [-0.05, 0) is 19.9 Å². The molecule has 6 heteroatoms. The lowest BCUT2D eigenvalue weighted by Crippen LogP contribution is -2.39. The smallest absolute Gasteiger partial charge is 0.325 e. The van der Waals surface area contributed by atoms with Gasteiger partial charge < -0.3 is 15.2 Å². The van der Waals surface area contributed by atoms with E-state index in [2.05, 4.69) is 5.32 Å². The Kier molecular flexibility index (Phi) is 5.63. The number of para-hydroxylation sites is 1. The summed E-state index contributed by atoms with van der Waals surface area (Å²) in [7, 11) is 0. The summed E-state index contributed by atoms with van der Waals surface area (Å²) in [6.45, 7) is 3.66. The van der Waals surface area contributed by atoms with Crippen LogP contribution >= 0.6 is 11.6 Å². The summed E-state index contributed by atoms with van der Waals surface area (Å²) in [5.41, 5.74) is 0.629. The maximum absolute atomic E-state index is 11.7. The van der Waals surface area contributed by atoms with Crippen molar-refractivity contribution >= 4 is 23.5 Å². The van der Waals surface area contributed by atoms with E-state index in [0.717, 1.165) is 0 Å². The van der Waals surface area contributed by atoms with Crippen molar-refractivity contribution in [3.05, 3.63) is 28.8 Å². The van der Waals surface area contributed by atoms with E-state index < -0.39 is 17.9 Å². The van der Waals surface area contributed by atoms with Crippen LogP contribution in [0.25, 0.3) is 0 Å². The molecule has 0 fully saturated rings. The number of hydrogen-bond acceptors (Lipinski definition) is 3. The summed E-state index contributed by atoms with van der Waals surface area (Å²) in [6.07, 6.45) is 0.0213. The Morgan fingerprint density at radius 2 is 2.16 bits per heavy atom. The summed E-state index contributed by atoms with van der Waals surface area (Å²) >= 11 is 6.00. The van der Waals surface area contributed by atoms with Crippen molar-refractivity contribution in [2.75, 3.05) is 6.61 Å². The van der Waals surface area contributed by atoms with Crippen LogP contribution in [0.15, 0.2) is 18.2 Å². The van der Waals surface area contributed by atoms with Crippen molar-refractivity contribution in [3.63, 3.8) is 0 Å². The molecule has 104 valence electrons. The molecule has 0 aliphatic carbocycles. The third-order valence-corrected chi connectivity index (χ3v) is 2.73. The normalized spacial score (nSPS) is 11.7. The van der Waals surface area contributed by atoms with E-state index in [4.69, 9.17) is 21.4 Å². The highest BCUT2D eigenvalue weighted by Crippen LogP contribution is 2.29. The van der Waals surface area contributed by atoms with Crippen LogP contribution in [0.1, 0.15) is 19.4 Å². The van der Waals surface area contributed by atoms with Crippen molar-refractivity contribution in [2.45, 2.75) is 26.3 Å². The van der Waals surface area contributed by atoms with Gasteiger partial charge in [0.25, 0.3) is 0 Å². The molecule has 1 atom stereocenters. The number of carboxylic acid groups (broad SMARTS) is 1. The van der Waals surface area contributed by atoms with Crippen LogP contribution in [-0.4, -0.2) is 29.6 Å². The van der Waals surface area contributed by atoms with Gasteiger partial charge in [-0.2, -0.15) is 0 Å². The maximum Gasteiger partial charge on any atom is 0.325 e. The van der Waals surface area contributed by atoms with Gasteiger partial charge in [-0.15, -0.1) is 0 Å². The zero-order valence-electron chi connectivity index (χ0n) is 10.8. The summed E-state index contributed by atoms with van der Waals surface area (Å²) in [6, 6.07) is 4.19. The predicted octanol–water partition coefficient (Wildman–Crippen LogP) is 1.87. The van der Waals surface area contributed by atoms with Gasteiger partial charge in [0.05, 0.1) is 18.1 Å². The van der Waals surface area contributed by atoms with Crippen molar-refractivity contribution in [1.82, 2.24) is 5.32 Å². The first-order valence-corrected chi connectivity index (χ1v) is 6.25. The molecule has 0 saturated carbocycles. The Balaban J connectivity index is 2.79. The average molecular weight is 286 g/mol. The molecule has 19 heavy (non-hydrogen) atoms. The van der Waals surface area contributed by atoms with Crippen LogP contribution < -0.4 is 10.1 Å². The number of rotatable bonds is 6. The third-order valence-electron chi connectivity index (χ3n) is 2.44. The molecule has 1 rings (SSSR count). The number of carbonyl (C=O) groups is 2. The molecule has 1 aromatic carbocycles. The number of carboxylic acids is 1. The summed E-state index contributed by atoms with van der Waals surface area (Å²) in [5.74, 6) is -1.01. The van der Waals surface area contributed by atoms with E-state index >= 15 is 0 Å². The van der Waals surface area contributed by atoms with Gasteiger partial charge in [-0.1, -0.05) is 23.7 Å². The lowest BCUT2D eigenvalue weighted by Gasteiger charge is -2.13. The van der Waals surface area contributed by atoms with Gasteiger partial charge in [0, 0.05) is 5.56 Å². The molecule has 0 aromatic heterocycles. The quantitative estimate of drug-likeness (QED) is 0.837. The number of benzene rings is 1. The molecular formula is C13H16ClNO4. The van der Waals surface area contributed by atoms with Gasteiger partial charge in [0.2, 0.25) is 5.91 Å². The van der Waals surface area contributed by atoms with Crippen LogP contribution in [0.5, 0.6) is 5.75 Å². The fraction of sp³-hybridized carbons (Fsp3) is 0.385. The summed E-state index contributed by atoms with van der Waals surface area (Å²) in [5, 5.41) is 11.5. The Morgan fingerprint density at radius 3 is 2.74 bits per heavy atom. The predicted molar refractivity (Wildman–Crippen MR) is 71.6 cm³/mol. The van der Waals surface area contributed by atoms with Crippen LogP contribution in [0.2, 0.25) is 5.02 Å². The molecule has 2 N–H and O–H groups in total. The Morgan fingerprint density at radius 1 is 1.47 bits per heavy atom. The molecule has 0 saturated heterocycles. The zero-order valence-corrected chi connectivity index (χ0v) is 11.5. The van der Waals surface area contributed by atoms with Crippen molar-refractivity contribution in [2.24, 2.45) is 0 Å². The number of halogens is 1. The van der Waals surface area contributed by atoms with Crippen LogP contribution in [0, 0.1) is 0 Å². The second kappa shape index (κ2) is 6.99. The first kappa shape index (κ1) is 15.3. The second-order valence-electron chi connectivity index (χ2n) is 3.97. The highest BCUT2D eigenvalue weighted by molar-refractivity contribution is 6.32. The molecule has 0 spiro atoms. The average Bonchev–Trinajstić information content (AvgIpc) is 2.33. The van der Waals surface area contributed by atoms with E-state index in [1.54, 1.807) is 18.2 Å². The zero-order chi connectivity index (χ0) is 14.4. The fourth-order valence-electron chi connectivity index (χ4n) is 1.53. The number of carbonyl (C=O) groups excluding carboxylic acids is 1. The standard InChI is InChI=1S/C13H16ClNO4/c1-3-19-12-9(5-4-6-10(12)14)7-11(16)15-8(2)13(17)18/h4-6,8H,3,7H2,1-2H3,(H,15,16)(H,17,18)/t8-/m1/s1. The van der Waals surface area contributed by atoms with Crippen molar-refractivity contribution in [3.8, 4) is 5.75 Å². The Hall–Kier alpha value is -1.75. The minimum absolute atomic E-state index is 0.0213. The topological polar surface area (TPSA) is 75.6 Å². The van der Waals surface area contributed by atoms with Gasteiger partial charge in [-0.25, -0.2) is 0 Å². The lowest BCUT2D eigenvalue weighted by atomic mass is 10.1. The maximum atomic E-state index is 11.7. The molecule has 0 heterocycles. The van der Waals surface area contributed by atoms with Crippen LogP contribution in [0.4, 0.5) is 0 Å². The highest BCUT2D eigenvalue weighted by Gasteiger charge is 2.16. The molecule has 0 radical (unpaired) electrons. The van der Waals surface area contributed by atoms with E-state index in [-0.39, 0.29) is 6.42 Å². The van der Waals surface area contributed by atoms with Gasteiger partial charge >= 0.3 is 5.97 Å². The number of amides is 1. The van der Waals surface area contributed by atoms with E-state index in [9.17, 15) is 9.59 Å². The van der Waals surface area contributed by atoms with E-state index in [1.165, 1.54) is 6.92 Å². The summed E-state index contributed by atoms with van der Waals surface area (Å²) < 4.78 is 5.39. The second-order valence-corrected chi connectivity index (χ2v) is 4.37. The molecule has 0 aliphatic rings. The molecule has 0 unspecified atom stereocenters. The largest absolute Gasteiger partial charge is 0.492 e. The third kappa shape index (κ3) is 4.44. The monoisotopic (exact) mass is 285 g/mol. The van der Waals surface area contributed by atoms with E-state index in [0.29, 0.717) is 22.9 Å². The SMILES string of the molecule is CCOc1c(Cl)cccc1CC(=O)N[C@H](C)C(=O)O. The Bertz CT molecular complexity index is 476. The first-order valence-electron chi connectivity index (χ1n) is 5.88.